The zero-order valence-corrected chi connectivity index (χ0v) is 24.4. The summed E-state index contributed by atoms with van der Waals surface area (Å²) in [4.78, 5) is 17.7. The highest BCUT2D eigenvalue weighted by atomic mass is 35.5. The van der Waals surface area contributed by atoms with E-state index in [2.05, 4.69) is 38.8 Å². The molecule has 0 radical (unpaired) electrons. The van der Waals surface area contributed by atoms with Crippen LogP contribution in [0.3, 0.4) is 0 Å². The Morgan fingerprint density at radius 1 is 1.05 bits per heavy atom. The van der Waals surface area contributed by atoms with E-state index >= 15 is 0 Å². The molecule has 2 saturated heterocycles. The average molecular weight is 582 g/mol. The first kappa shape index (κ1) is 28.4. The van der Waals surface area contributed by atoms with Gasteiger partial charge in [0.15, 0.2) is 0 Å². The first-order valence-electron chi connectivity index (χ1n) is 13.5. The molecule has 0 aliphatic carbocycles. The molecule has 1 aromatic heterocycles. The van der Waals surface area contributed by atoms with Gasteiger partial charge in [-0.2, -0.15) is 0 Å². The number of ether oxygens (including phenoxy) is 2. The van der Waals surface area contributed by atoms with E-state index in [0.717, 1.165) is 67.8 Å². The summed E-state index contributed by atoms with van der Waals surface area (Å²) < 4.78 is 11.7. The molecule has 40 heavy (non-hydrogen) atoms. The molecule has 0 atom stereocenters. The van der Waals surface area contributed by atoms with Crippen molar-refractivity contribution in [2.75, 3.05) is 56.7 Å². The van der Waals surface area contributed by atoms with Crippen LogP contribution in [0.15, 0.2) is 48.7 Å². The minimum Gasteiger partial charge on any atom is -0.502 e. The third-order valence-electron chi connectivity index (χ3n) is 7.73. The van der Waals surface area contributed by atoms with E-state index in [4.69, 9.17) is 44.2 Å². The van der Waals surface area contributed by atoms with E-state index < -0.39 is 5.41 Å². The number of nitrogens with zero attached hydrogens (tertiary/aromatic N) is 5. The summed E-state index contributed by atoms with van der Waals surface area (Å²) in [5.74, 6) is 2.22. The fourth-order valence-electron chi connectivity index (χ4n) is 5.03. The van der Waals surface area contributed by atoms with Crippen molar-refractivity contribution >= 4 is 34.8 Å². The molecule has 2 fully saturated rings. The van der Waals surface area contributed by atoms with Gasteiger partial charge in [0.05, 0.1) is 29.8 Å². The summed E-state index contributed by atoms with van der Waals surface area (Å²) in [5, 5.41) is 3.76. The second-order valence-corrected chi connectivity index (χ2v) is 11.4. The van der Waals surface area contributed by atoms with Gasteiger partial charge in [-0.15, -0.1) is 11.6 Å². The largest absolute Gasteiger partial charge is 0.502 e. The van der Waals surface area contributed by atoms with Crippen LogP contribution in [-0.2, 0) is 12.0 Å². The van der Waals surface area contributed by atoms with Crippen molar-refractivity contribution in [1.29, 1.82) is 0 Å². The monoisotopic (exact) mass is 580 g/mol. The van der Waals surface area contributed by atoms with E-state index in [0.29, 0.717) is 41.6 Å². The highest BCUT2D eigenvalue weighted by Gasteiger charge is 2.29. The van der Waals surface area contributed by atoms with Crippen LogP contribution in [0.25, 0.3) is 4.85 Å². The lowest BCUT2D eigenvalue weighted by Crippen LogP contribution is -2.61. The number of anilines is 1. The fourth-order valence-corrected chi connectivity index (χ4v) is 5.38. The van der Waals surface area contributed by atoms with Crippen LogP contribution in [0.2, 0.25) is 5.02 Å². The van der Waals surface area contributed by atoms with E-state index in [-0.39, 0.29) is 0 Å². The number of rotatable bonds is 10. The molecule has 2 aliphatic rings. The molecule has 3 heterocycles. The van der Waals surface area contributed by atoms with E-state index in [1.807, 2.05) is 48.7 Å². The number of hydrogen-bond acceptors (Lipinski definition) is 7. The first-order chi connectivity index (χ1) is 19.4. The fraction of sp³-hybridized carbons (Fsp3) is 0.433. The average Bonchev–Trinajstić information content (AvgIpc) is 2.95. The number of aromatic nitrogens is 2. The Hall–Kier alpha value is -3.09. The van der Waals surface area contributed by atoms with E-state index in [1.54, 1.807) is 0 Å². The van der Waals surface area contributed by atoms with Crippen molar-refractivity contribution < 1.29 is 9.47 Å². The van der Waals surface area contributed by atoms with Crippen LogP contribution in [0, 0.1) is 6.57 Å². The third kappa shape index (κ3) is 6.29. The summed E-state index contributed by atoms with van der Waals surface area (Å²) >= 11 is 12.3. The van der Waals surface area contributed by atoms with Crippen molar-refractivity contribution in [1.82, 2.24) is 20.2 Å². The lowest BCUT2D eigenvalue weighted by Gasteiger charge is -2.43. The Kier molecular flexibility index (Phi) is 8.97. The molecule has 0 bridgehead atoms. The SMILES string of the molecule is [C-]#[N+]c1cc(C(C)(C)c2ccc(OCc3ccnc(N4CCN(C5CNC5)CC4)n3)cc2)cc(Cl)c1OCCCl. The Balaban J connectivity index is 1.21. The van der Waals surface area contributed by atoms with Gasteiger partial charge in [0, 0.05) is 56.9 Å². The third-order valence-corrected chi connectivity index (χ3v) is 8.16. The molecular weight excluding hydrogens is 547 g/mol. The normalized spacial score (nSPS) is 16.3. The molecule has 2 aromatic carbocycles. The van der Waals surface area contributed by atoms with Gasteiger partial charge in [-0.3, -0.25) is 4.90 Å². The summed E-state index contributed by atoms with van der Waals surface area (Å²) in [6, 6.07) is 14.3. The van der Waals surface area contributed by atoms with Gasteiger partial charge in [-0.05, 0) is 41.5 Å². The standard InChI is InChI=1S/C30H34Cl2N6O2/c1-30(2,22-16-26(32)28(39-15-9-31)27(17-22)33-3)21-4-6-25(7-5-21)40-20-23-8-10-35-29(36-23)38-13-11-37(12-14-38)24-18-34-19-24/h4-8,10,16-17,24,34H,9,11-15,18-20H2,1-2H3. The van der Waals surface area contributed by atoms with Crippen molar-refractivity contribution in [2.45, 2.75) is 31.9 Å². The van der Waals surface area contributed by atoms with Crippen molar-refractivity contribution in [3.8, 4) is 11.5 Å². The zero-order valence-electron chi connectivity index (χ0n) is 22.9. The highest BCUT2D eigenvalue weighted by Crippen LogP contribution is 2.42. The molecule has 2 aliphatic heterocycles. The Labute approximate surface area is 246 Å². The maximum atomic E-state index is 7.59. The van der Waals surface area contributed by atoms with Crippen molar-refractivity contribution in [3.05, 3.63) is 81.9 Å². The number of nitrogens with one attached hydrogen (secondary N) is 1. The lowest BCUT2D eigenvalue weighted by atomic mass is 9.78. The Bertz CT molecular complexity index is 1350. The number of benzene rings is 2. The van der Waals surface area contributed by atoms with Crippen molar-refractivity contribution in [2.24, 2.45) is 0 Å². The Morgan fingerprint density at radius 2 is 1.80 bits per heavy atom. The van der Waals surface area contributed by atoms with Gasteiger partial charge < -0.3 is 19.7 Å². The molecule has 1 N–H and O–H groups in total. The van der Waals surface area contributed by atoms with E-state index in [1.165, 1.54) is 0 Å². The number of alkyl halides is 1. The van der Waals surface area contributed by atoms with E-state index in [9.17, 15) is 0 Å². The van der Waals surface area contributed by atoms with Crippen LogP contribution >= 0.6 is 23.2 Å². The second-order valence-electron chi connectivity index (χ2n) is 10.6. The molecule has 0 unspecified atom stereocenters. The van der Waals surface area contributed by atoms with Crippen LogP contribution in [0.1, 0.15) is 30.7 Å². The van der Waals surface area contributed by atoms with Gasteiger partial charge in [0.25, 0.3) is 0 Å². The minimum atomic E-state index is -0.395. The maximum Gasteiger partial charge on any atom is 0.229 e. The number of piperazine rings is 1. The van der Waals surface area contributed by atoms with Crippen molar-refractivity contribution in [3.63, 3.8) is 0 Å². The topological polar surface area (TPSA) is 67.1 Å². The van der Waals surface area contributed by atoms with Crippen LogP contribution in [-0.4, -0.2) is 72.7 Å². The summed E-state index contributed by atoms with van der Waals surface area (Å²) in [7, 11) is 0. The predicted octanol–water partition coefficient (Wildman–Crippen LogP) is 5.30. The van der Waals surface area contributed by atoms with Crippen LogP contribution in [0.4, 0.5) is 11.6 Å². The quantitative estimate of drug-likeness (QED) is 0.258. The van der Waals surface area contributed by atoms with Gasteiger partial charge in [0.2, 0.25) is 11.6 Å². The minimum absolute atomic E-state index is 0.291. The summed E-state index contributed by atoms with van der Waals surface area (Å²) in [5.41, 5.74) is 2.82. The highest BCUT2D eigenvalue weighted by molar-refractivity contribution is 6.32. The van der Waals surface area contributed by atoms with Gasteiger partial charge >= 0.3 is 0 Å². The lowest BCUT2D eigenvalue weighted by molar-refractivity contribution is 0.137. The molecule has 8 nitrogen and oxygen atoms in total. The zero-order chi connectivity index (χ0) is 28.1. The maximum absolute atomic E-state index is 7.59. The Morgan fingerprint density at radius 3 is 2.45 bits per heavy atom. The predicted molar refractivity (Wildman–Crippen MR) is 159 cm³/mol. The molecular formula is C30H34Cl2N6O2. The molecule has 0 saturated carbocycles. The smallest absolute Gasteiger partial charge is 0.229 e. The molecule has 3 aromatic rings. The summed E-state index contributed by atoms with van der Waals surface area (Å²) in [6.07, 6.45) is 1.81. The number of halogens is 2. The van der Waals surface area contributed by atoms with Gasteiger partial charge in [0.1, 0.15) is 18.1 Å². The first-order valence-corrected chi connectivity index (χ1v) is 14.5. The van der Waals surface area contributed by atoms with Crippen LogP contribution in [0.5, 0.6) is 11.5 Å². The van der Waals surface area contributed by atoms with Crippen LogP contribution < -0.4 is 19.7 Å². The molecule has 10 heteroatoms. The number of hydrogen-bond donors (Lipinski definition) is 1. The van der Waals surface area contributed by atoms with Gasteiger partial charge in [-0.25, -0.2) is 14.8 Å². The molecule has 210 valence electrons. The van der Waals surface area contributed by atoms with Gasteiger partial charge in [-0.1, -0.05) is 37.6 Å². The second kappa shape index (κ2) is 12.6. The molecule has 0 spiro atoms. The molecule has 5 rings (SSSR count). The molecule has 0 amide bonds. The summed E-state index contributed by atoms with van der Waals surface area (Å²) in [6.45, 7) is 18.6.